The number of carbonyl (C=O) groups is 3. The van der Waals surface area contributed by atoms with Gasteiger partial charge in [-0.1, -0.05) is 26.8 Å². The summed E-state index contributed by atoms with van der Waals surface area (Å²) in [6.45, 7) is 5.95. The van der Waals surface area contributed by atoms with E-state index in [1.807, 2.05) is 36.7 Å². The molecule has 2 N–H and O–H groups in total. The van der Waals surface area contributed by atoms with Crippen LogP contribution in [0.1, 0.15) is 69.4 Å². The zero-order valence-electron chi connectivity index (χ0n) is 21.0. The van der Waals surface area contributed by atoms with Crippen molar-refractivity contribution >= 4 is 17.7 Å². The summed E-state index contributed by atoms with van der Waals surface area (Å²) in [4.78, 5) is 36.7. The van der Waals surface area contributed by atoms with Crippen molar-refractivity contribution < 1.29 is 29.0 Å². The number of ether oxygens (including phenoxy) is 2. The number of hydrogen-bond acceptors (Lipinski definition) is 6. The SMILES string of the molecule is COc1cccc(OC)c1-c1cc(C(=O)N[C@@H](CC(C)C)C(=O)C(=O)O)nn1C1CCC(C)CC1. The predicted molar refractivity (Wildman–Crippen MR) is 131 cm³/mol. The van der Waals surface area contributed by atoms with Crippen LogP contribution in [-0.4, -0.2) is 52.8 Å². The number of methoxy groups -OCH3 is 2. The van der Waals surface area contributed by atoms with Gasteiger partial charge >= 0.3 is 5.97 Å². The Labute approximate surface area is 205 Å². The van der Waals surface area contributed by atoms with Gasteiger partial charge in [-0.3, -0.25) is 14.3 Å². The van der Waals surface area contributed by atoms with E-state index in [1.54, 1.807) is 20.3 Å². The van der Waals surface area contributed by atoms with Crippen LogP contribution >= 0.6 is 0 Å². The van der Waals surface area contributed by atoms with Crippen LogP contribution in [0.3, 0.4) is 0 Å². The minimum Gasteiger partial charge on any atom is -0.496 e. The normalized spacial score (nSPS) is 18.7. The van der Waals surface area contributed by atoms with E-state index < -0.39 is 23.7 Å². The van der Waals surface area contributed by atoms with E-state index in [4.69, 9.17) is 9.47 Å². The van der Waals surface area contributed by atoms with Gasteiger partial charge in [-0.15, -0.1) is 0 Å². The highest BCUT2D eigenvalue weighted by Crippen LogP contribution is 2.42. The molecule has 0 unspecified atom stereocenters. The number of nitrogens with zero attached hydrogens (tertiary/aromatic N) is 2. The van der Waals surface area contributed by atoms with Gasteiger partial charge in [0.15, 0.2) is 5.69 Å². The van der Waals surface area contributed by atoms with Crippen molar-refractivity contribution in [3.05, 3.63) is 30.0 Å². The van der Waals surface area contributed by atoms with Gasteiger partial charge < -0.3 is 19.9 Å². The number of ketones is 1. The third kappa shape index (κ3) is 6.01. The number of aliphatic carboxylic acids is 1. The van der Waals surface area contributed by atoms with Gasteiger partial charge in [0.25, 0.3) is 11.7 Å². The second-order valence-corrected chi connectivity index (χ2v) is 9.64. The fourth-order valence-electron chi connectivity index (χ4n) is 4.65. The van der Waals surface area contributed by atoms with Gasteiger partial charge in [0, 0.05) is 0 Å². The Bertz CT molecular complexity index is 1050. The van der Waals surface area contributed by atoms with Crippen LogP contribution in [0.15, 0.2) is 24.3 Å². The summed E-state index contributed by atoms with van der Waals surface area (Å²) in [7, 11) is 3.14. The van der Waals surface area contributed by atoms with Crippen molar-refractivity contribution in [1.29, 1.82) is 0 Å². The molecular weight excluding hydrogens is 450 g/mol. The van der Waals surface area contributed by atoms with Crippen LogP contribution in [0.25, 0.3) is 11.3 Å². The summed E-state index contributed by atoms with van der Waals surface area (Å²) < 4.78 is 13.1. The summed E-state index contributed by atoms with van der Waals surface area (Å²) in [6.07, 6.45) is 4.16. The number of carbonyl (C=O) groups excluding carboxylic acids is 2. The summed E-state index contributed by atoms with van der Waals surface area (Å²) in [5.74, 6) is -1.40. The quantitative estimate of drug-likeness (QED) is 0.486. The minimum atomic E-state index is -1.57. The van der Waals surface area contributed by atoms with Crippen LogP contribution in [0.5, 0.6) is 11.5 Å². The molecule has 0 aliphatic heterocycles. The first-order chi connectivity index (χ1) is 16.7. The Morgan fingerprint density at radius 1 is 1.11 bits per heavy atom. The zero-order chi connectivity index (χ0) is 25.7. The smallest absolute Gasteiger partial charge is 0.374 e. The predicted octanol–water partition coefficient (Wildman–Crippen LogP) is 4.12. The molecule has 0 radical (unpaired) electrons. The van der Waals surface area contributed by atoms with Gasteiger partial charge in [0.2, 0.25) is 0 Å². The molecule has 9 heteroatoms. The second-order valence-electron chi connectivity index (χ2n) is 9.64. The minimum absolute atomic E-state index is 0.0128. The van der Waals surface area contributed by atoms with E-state index in [9.17, 15) is 19.5 Å². The Balaban J connectivity index is 2.05. The van der Waals surface area contributed by atoms with E-state index in [2.05, 4.69) is 17.3 Å². The molecule has 0 saturated heterocycles. The molecule has 1 saturated carbocycles. The van der Waals surface area contributed by atoms with Crippen LogP contribution < -0.4 is 14.8 Å². The average Bonchev–Trinajstić information content (AvgIpc) is 3.27. The third-order valence-electron chi connectivity index (χ3n) is 6.52. The molecule has 1 heterocycles. The molecule has 1 aromatic carbocycles. The molecule has 2 aromatic rings. The molecule has 1 aliphatic rings. The number of amides is 1. The Morgan fingerprint density at radius 2 is 1.71 bits per heavy atom. The number of hydrogen-bond donors (Lipinski definition) is 2. The molecule has 0 spiro atoms. The molecule has 3 rings (SSSR count). The molecule has 1 aliphatic carbocycles. The number of benzene rings is 1. The lowest BCUT2D eigenvalue weighted by Crippen LogP contribution is -2.44. The monoisotopic (exact) mass is 485 g/mol. The van der Waals surface area contributed by atoms with Crippen molar-refractivity contribution in [2.24, 2.45) is 11.8 Å². The topological polar surface area (TPSA) is 120 Å². The lowest BCUT2D eigenvalue weighted by Gasteiger charge is -2.28. The Morgan fingerprint density at radius 3 is 2.23 bits per heavy atom. The molecule has 1 atom stereocenters. The molecule has 0 bridgehead atoms. The van der Waals surface area contributed by atoms with E-state index in [0.717, 1.165) is 25.7 Å². The second kappa shape index (κ2) is 11.4. The molecule has 1 fully saturated rings. The van der Waals surface area contributed by atoms with Crippen molar-refractivity contribution in [1.82, 2.24) is 15.1 Å². The van der Waals surface area contributed by atoms with Gasteiger partial charge in [-0.2, -0.15) is 5.10 Å². The largest absolute Gasteiger partial charge is 0.496 e. The Hall–Kier alpha value is -3.36. The van der Waals surface area contributed by atoms with E-state index in [1.165, 1.54) is 0 Å². The van der Waals surface area contributed by atoms with Gasteiger partial charge in [0.05, 0.1) is 37.6 Å². The first-order valence-electron chi connectivity index (χ1n) is 12.0. The number of aromatic nitrogens is 2. The summed E-state index contributed by atoms with van der Waals surface area (Å²) in [6, 6.07) is 6.08. The van der Waals surface area contributed by atoms with E-state index in [0.29, 0.717) is 28.7 Å². The fourth-order valence-corrected chi connectivity index (χ4v) is 4.65. The number of carboxylic acids is 1. The number of rotatable bonds is 10. The number of Topliss-reactive ketones (excluding diaryl/α,β-unsaturated/α-hetero) is 1. The van der Waals surface area contributed by atoms with Crippen molar-refractivity contribution in [3.8, 4) is 22.8 Å². The maximum absolute atomic E-state index is 13.2. The summed E-state index contributed by atoms with van der Waals surface area (Å²) in [5.41, 5.74) is 1.47. The molecular formula is C26H35N3O6. The fraction of sp³-hybridized carbons (Fsp3) is 0.538. The molecule has 190 valence electrons. The van der Waals surface area contributed by atoms with Crippen LogP contribution in [0, 0.1) is 11.8 Å². The molecule has 35 heavy (non-hydrogen) atoms. The van der Waals surface area contributed by atoms with Crippen molar-refractivity contribution in [3.63, 3.8) is 0 Å². The number of carboxylic acid groups (broad SMARTS) is 1. The highest BCUT2D eigenvalue weighted by atomic mass is 16.5. The maximum Gasteiger partial charge on any atom is 0.374 e. The van der Waals surface area contributed by atoms with Crippen molar-refractivity contribution in [2.75, 3.05) is 14.2 Å². The van der Waals surface area contributed by atoms with Gasteiger partial charge in [-0.25, -0.2) is 4.79 Å². The van der Waals surface area contributed by atoms with Crippen molar-refractivity contribution in [2.45, 2.75) is 65.0 Å². The van der Waals surface area contributed by atoms with Gasteiger partial charge in [-0.05, 0) is 62.1 Å². The average molecular weight is 486 g/mol. The van der Waals surface area contributed by atoms with Crippen LogP contribution in [-0.2, 0) is 9.59 Å². The molecule has 9 nitrogen and oxygen atoms in total. The summed E-state index contributed by atoms with van der Waals surface area (Å²) in [5, 5.41) is 16.5. The van der Waals surface area contributed by atoms with Crippen LogP contribution in [0.2, 0.25) is 0 Å². The summed E-state index contributed by atoms with van der Waals surface area (Å²) >= 11 is 0. The first-order valence-corrected chi connectivity index (χ1v) is 12.0. The molecule has 1 amide bonds. The van der Waals surface area contributed by atoms with E-state index >= 15 is 0 Å². The highest BCUT2D eigenvalue weighted by molar-refractivity contribution is 6.35. The highest BCUT2D eigenvalue weighted by Gasteiger charge is 2.31. The van der Waals surface area contributed by atoms with Crippen LogP contribution in [0.4, 0.5) is 0 Å². The standard InChI is InChI=1S/C26H35N3O6/c1-15(2)13-18(24(30)26(32)33)27-25(31)19-14-20(23-21(34-4)7-6-8-22(23)35-5)29(28-19)17-11-9-16(3)10-12-17/h6-8,14-18H,9-13H2,1-5H3,(H,27,31)(H,32,33)/t16?,17?,18-/m0/s1. The Kier molecular flexibility index (Phi) is 8.53. The third-order valence-corrected chi connectivity index (χ3v) is 6.52. The number of nitrogens with one attached hydrogen (secondary N) is 1. The maximum atomic E-state index is 13.2. The molecule has 1 aromatic heterocycles. The first kappa shape index (κ1) is 26.2. The van der Waals surface area contributed by atoms with E-state index in [-0.39, 0.29) is 24.1 Å². The zero-order valence-corrected chi connectivity index (χ0v) is 21.0. The van der Waals surface area contributed by atoms with Gasteiger partial charge in [0.1, 0.15) is 11.5 Å². The lowest BCUT2D eigenvalue weighted by molar-refractivity contribution is -0.150. The lowest BCUT2D eigenvalue weighted by atomic mass is 9.87.